The molecule has 0 spiro atoms. The molecule has 0 aliphatic heterocycles. The van der Waals surface area contributed by atoms with Crippen molar-refractivity contribution in [3.05, 3.63) is 65.2 Å². The zero-order valence-electron chi connectivity index (χ0n) is 10.0. The smallest absolute Gasteiger partial charge is 0.0722 e. The summed E-state index contributed by atoms with van der Waals surface area (Å²) in [6.07, 6.45) is 0. The van der Waals surface area contributed by atoms with Gasteiger partial charge in [-0.25, -0.2) is 4.21 Å². The fourth-order valence-corrected chi connectivity index (χ4v) is 3.05. The van der Waals surface area contributed by atoms with Crippen molar-refractivity contribution in [2.75, 3.05) is 0 Å². The van der Waals surface area contributed by atoms with Gasteiger partial charge in [-0.1, -0.05) is 48.0 Å². The number of hydrogen-bond acceptors (Lipinski definition) is 2. The van der Waals surface area contributed by atoms with Gasteiger partial charge in [0, 0.05) is 20.8 Å². The predicted octanol–water partition coefficient (Wildman–Crippen LogP) is 2.73. The molecule has 0 saturated carbocycles. The van der Waals surface area contributed by atoms with E-state index in [9.17, 15) is 4.21 Å². The number of hydrogen-bond donors (Lipinski definition) is 2. The molecular formula is C14H13ClN2OS. The molecule has 0 bridgehead atoms. The highest BCUT2D eigenvalue weighted by Gasteiger charge is 2.09. The third kappa shape index (κ3) is 3.23. The van der Waals surface area contributed by atoms with Gasteiger partial charge in [-0.05, 0) is 18.2 Å². The summed E-state index contributed by atoms with van der Waals surface area (Å²) in [4.78, 5) is 0.492. The van der Waals surface area contributed by atoms with Crippen LogP contribution in [0.15, 0.2) is 59.5 Å². The summed E-state index contributed by atoms with van der Waals surface area (Å²) in [6, 6.07) is 15.6. The van der Waals surface area contributed by atoms with Gasteiger partial charge in [-0.3, -0.25) is 10.5 Å². The van der Waals surface area contributed by atoms with Gasteiger partial charge in [-0.15, -0.1) is 0 Å². The summed E-state index contributed by atoms with van der Waals surface area (Å²) in [6.45, 7) is 0. The van der Waals surface area contributed by atoms with Gasteiger partial charge >= 0.3 is 0 Å². The molecule has 0 fully saturated rings. The van der Waals surface area contributed by atoms with Crippen molar-refractivity contribution in [3.8, 4) is 0 Å². The van der Waals surface area contributed by atoms with E-state index in [-0.39, 0.29) is 5.71 Å². The SMILES string of the molecule is N=C(C=S(N)(=O)c1ccccc1)c1ccccc1Cl. The molecule has 0 radical (unpaired) electrons. The van der Waals surface area contributed by atoms with Gasteiger partial charge in [0.2, 0.25) is 0 Å². The summed E-state index contributed by atoms with van der Waals surface area (Å²) in [5.41, 5.74) is 0.570. The van der Waals surface area contributed by atoms with Crippen molar-refractivity contribution in [2.45, 2.75) is 4.90 Å². The molecule has 0 aliphatic carbocycles. The second-order valence-electron chi connectivity index (χ2n) is 3.97. The maximum atomic E-state index is 12.4. The quantitative estimate of drug-likeness (QED) is 0.663. The molecule has 98 valence electrons. The zero-order valence-corrected chi connectivity index (χ0v) is 11.6. The summed E-state index contributed by atoms with van der Waals surface area (Å²) in [5, 5.41) is 15.5. The Hall–Kier alpha value is -1.62. The first kappa shape index (κ1) is 13.8. The first-order valence-corrected chi connectivity index (χ1v) is 7.62. The Labute approximate surface area is 117 Å². The Morgan fingerprint density at radius 3 is 2.32 bits per heavy atom. The number of halogens is 1. The molecule has 2 aromatic rings. The van der Waals surface area contributed by atoms with Crippen LogP contribution in [0.3, 0.4) is 0 Å². The maximum absolute atomic E-state index is 12.4. The number of rotatable bonds is 3. The lowest BCUT2D eigenvalue weighted by Crippen LogP contribution is -2.20. The van der Waals surface area contributed by atoms with Crippen molar-refractivity contribution in [1.29, 1.82) is 5.41 Å². The fourth-order valence-electron chi connectivity index (χ4n) is 1.62. The van der Waals surface area contributed by atoms with Gasteiger partial charge in [0.05, 0.1) is 15.4 Å². The Bertz CT molecular complexity index is 719. The van der Waals surface area contributed by atoms with Crippen molar-refractivity contribution in [3.63, 3.8) is 0 Å². The molecule has 1 unspecified atom stereocenters. The van der Waals surface area contributed by atoms with Crippen molar-refractivity contribution in [1.82, 2.24) is 0 Å². The monoisotopic (exact) mass is 292 g/mol. The van der Waals surface area contributed by atoms with E-state index in [1.807, 2.05) is 6.07 Å². The van der Waals surface area contributed by atoms with E-state index in [0.717, 1.165) is 0 Å². The van der Waals surface area contributed by atoms with Gasteiger partial charge < -0.3 is 0 Å². The van der Waals surface area contributed by atoms with Crippen LogP contribution >= 0.6 is 11.6 Å². The number of nitrogens with two attached hydrogens (primary N) is 1. The van der Waals surface area contributed by atoms with Crippen molar-refractivity contribution in [2.24, 2.45) is 5.14 Å². The van der Waals surface area contributed by atoms with E-state index in [2.05, 4.69) is 0 Å². The van der Waals surface area contributed by atoms with Crippen LogP contribution < -0.4 is 5.14 Å². The summed E-state index contributed by atoms with van der Waals surface area (Å²) in [5.74, 6) is 0. The van der Waals surface area contributed by atoms with E-state index in [0.29, 0.717) is 15.5 Å². The van der Waals surface area contributed by atoms with Crippen LogP contribution in [0.5, 0.6) is 0 Å². The van der Waals surface area contributed by atoms with Crippen LogP contribution in [0.1, 0.15) is 5.56 Å². The van der Waals surface area contributed by atoms with Crippen LogP contribution in [0.25, 0.3) is 0 Å². The van der Waals surface area contributed by atoms with E-state index in [4.69, 9.17) is 22.1 Å². The molecule has 0 saturated heterocycles. The molecule has 19 heavy (non-hydrogen) atoms. The lowest BCUT2D eigenvalue weighted by atomic mass is 10.1. The number of nitrogens with one attached hydrogen (secondary N) is 1. The van der Waals surface area contributed by atoms with E-state index in [1.54, 1.807) is 48.5 Å². The highest BCUT2D eigenvalue weighted by atomic mass is 35.5. The first-order valence-electron chi connectivity index (χ1n) is 5.56. The fraction of sp³-hybridized carbons (Fsp3) is 0. The highest BCUT2D eigenvalue weighted by Crippen LogP contribution is 2.15. The molecule has 2 aromatic carbocycles. The molecule has 1 atom stereocenters. The second kappa shape index (κ2) is 5.57. The molecule has 5 heteroatoms. The lowest BCUT2D eigenvalue weighted by Gasteiger charge is -2.07. The molecule has 0 aliphatic rings. The van der Waals surface area contributed by atoms with Crippen molar-refractivity contribution >= 4 is 32.4 Å². The molecule has 0 aromatic heterocycles. The minimum atomic E-state index is -2.88. The third-order valence-electron chi connectivity index (χ3n) is 2.57. The van der Waals surface area contributed by atoms with E-state index >= 15 is 0 Å². The average Bonchev–Trinajstić information content (AvgIpc) is 2.39. The molecule has 3 N–H and O–H groups in total. The normalized spacial score (nSPS) is 13.6. The molecule has 3 nitrogen and oxygen atoms in total. The van der Waals surface area contributed by atoms with Gasteiger partial charge in [-0.2, -0.15) is 0 Å². The van der Waals surface area contributed by atoms with Crippen molar-refractivity contribution < 1.29 is 4.21 Å². The second-order valence-corrected chi connectivity index (χ2v) is 6.38. The van der Waals surface area contributed by atoms with Gasteiger partial charge in [0.25, 0.3) is 0 Å². The van der Waals surface area contributed by atoms with Gasteiger partial charge in [0.1, 0.15) is 0 Å². The molecule has 0 heterocycles. The number of benzene rings is 2. The maximum Gasteiger partial charge on any atom is 0.0722 e. The largest absolute Gasteiger partial charge is 0.300 e. The minimum Gasteiger partial charge on any atom is -0.300 e. The summed E-state index contributed by atoms with van der Waals surface area (Å²) in [7, 11) is -2.88. The third-order valence-corrected chi connectivity index (χ3v) is 4.49. The molecule has 0 amide bonds. The standard InChI is InChI=1S/C14H13ClN2OS/c15-13-9-5-4-8-12(13)14(16)10-19(17,18)11-6-2-1-3-7-11/h1-10,16H,(H2,17,18). The first-order chi connectivity index (χ1) is 9.00. The van der Waals surface area contributed by atoms with Crippen LogP contribution in [-0.4, -0.2) is 15.3 Å². The Morgan fingerprint density at radius 2 is 1.68 bits per heavy atom. The van der Waals surface area contributed by atoms with Crippen LogP contribution in [-0.2, 0) is 9.71 Å². The van der Waals surface area contributed by atoms with Crippen LogP contribution in [0.4, 0.5) is 0 Å². The summed E-state index contributed by atoms with van der Waals surface area (Å²) >= 11 is 6.00. The lowest BCUT2D eigenvalue weighted by molar-refractivity contribution is 0.682. The molecule has 2 rings (SSSR count). The Kier molecular flexibility index (Phi) is 4.04. The van der Waals surface area contributed by atoms with Gasteiger partial charge in [0.15, 0.2) is 0 Å². The van der Waals surface area contributed by atoms with Crippen LogP contribution in [0.2, 0.25) is 5.02 Å². The van der Waals surface area contributed by atoms with Crippen LogP contribution in [0, 0.1) is 5.41 Å². The van der Waals surface area contributed by atoms with E-state index in [1.165, 1.54) is 5.37 Å². The predicted molar refractivity (Wildman–Crippen MR) is 81.4 cm³/mol. The molecular weight excluding hydrogens is 280 g/mol. The highest BCUT2D eigenvalue weighted by molar-refractivity contribution is 8.00. The Balaban J connectivity index is 2.45. The van der Waals surface area contributed by atoms with E-state index < -0.39 is 9.71 Å². The average molecular weight is 293 g/mol. The minimum absolute atomic E-state index is 0.0574. The topological polar surface area (TPSA) is 66.9 Å². The summed E-state index contributed by atoms with van der Waals surface area (Å²) < 4.78 is 12.4. The zero-order chi connectivity index (χ0) is 13.9. The Morgan fingerprint density at radius 1 is 1.11 bits per heavy atom.